The Morgan fingerprint density at radius 2 is 1.88 bits per heavy atom. The summed E-state index contributed by atoms with van der Waals surface area (Å²) in [4.78, 5) is 0. The van der Waals surface area contributed by atoms with Crippen molar-refractivity contribution in [1.82, 2.24) is 5.32 Å². The first-order valence-electron chi connectivity index (χ1n) is 7.07. The van der Waals surface area contributed by atoms with Gasteiger partial charge >= 0.3 is 0 Å². The standard InChI is InChI=1S/C14H27NO/c1-3-14(8-4-5-9-14)13(15-2)12-6-10-16-11-7-12/h12-13,15H,3-11H2,1-2H3. The number of hydrogen-bond donors (Lipinski definition) is 1. The number of nitrogens with one attached hydrogen (secondary N) is 1. The third kappa shape index (κ3) is 2.28. The summed E-state index contributed by atoms with van der Waals surface area (Å²) in [5, 5.41) is 3.65. The van der Waals surface area contributed by atoms with E-state index >= 15 is 0 Å². The minimum absolute atomic E-state index is 0.594. The van der Waals surface area contributed by atoms with Gasteiger partial charge in [0.15, 0.2) is 0 Å². The van der Waals surface area contributed by atoms with E-state index in [9.17, 15) is 0 Å². The second kappa shape index (κ2) is 5.50. The van der Waals surface area contributed by atoms with E-state index in [0.29, 0.717) is 5.41 Å². The van der Waals surface area contributed by atoms with Crippen molar-refractivity contribution in [2.45, 2.75) is 57.9 Å². The summed E-state index contributed by atoms with van der Waals surface area (Å²) in [7, 11) is 2.16. The fourth-order valence-electron chi connectivity index (χ4n) is 4.05. The highest BCUT2D eigenvalue weighted by atomic mass is 16.5. The third-order valence-electron chi connectivity index (χ3n) is 5.01. The van der Waals surface area contributed by atoms with Crippen LogP contribution in [-0.4, -0.2) is 26.3 Å². The summed E-state index contributed by atoms with van der Waals surface area (Å²) in [6.45, 7) is 4.33. The van der Waals surface area contributed by atoms with Crippen molar-refractivity contribution in [3.8, 4) is 0 Å². The second-order valence-electron chi connectivity index (χ2n) is 5.64. The van der Waals surface area contributed by atoms with E-state index in [1.165, 1.54) is 44.9 Å². The zero-order chi connectivity index (χ0) is 11.4. The molecule has 1 atom stereocenters. The molecule has 2 heteroatoms. The van der Waals surface area contributed by atoms with Crippen molar-refractivity contribution in [2.24, 2.45) is 11.3 Å². The molecule has 0 spiro atoms. The lowest BCUT2D eigenvalue weighted by Gasteiger charge is -2.43. The first-order chi connectivity index (χ1) is 7.82. The van der Waals surface area contributed by atoms with Crippen LogP contribution in [-0.2, 0) is 4.74 Å². The van der Waals surface area contributed by atoms with Crippen LogP contribution in [0.15, 0.2) is 0 Å². The van der Waals surface area contributed by atoms with E-state index in [1.54, 1.807) is 0 Å². The van der Waals surface area contributed by atoms with Gasteiger partial charge in [-0.3, -0.25) is 0 Å². The molecule has 1 saturated heterocycles. The van der Waals surface area contributed by atoms with Gasteiger partial charge < -0.3 is 10.1 Å². The van der Waals surface area contributed by atoms with Crippen molar-refractivity contribution < 1.29 is 4.74 Å². The monoisotopic (exact) mass is 225 g/mol. The summed E-state index contributed by atoms with van der Waals surface area (Å²) in [5.41, 5.74) is 0.594. The molecule has 0 aromatic rings. The molecule has 1 unspecified atom stereocenters. The van der Waals surface area contributed by atoms with Crippen LogP contribution in [0.3, 0.4) is 0 Å². The maximum absolute atomic E-state index is 5.50. The molecule has 0 amide bonds. The second-order valence-corrected chi connectivity index (χ2v) is 5.64. The smallest absolute Gasteiger partial charge is 0.0469 e. The maximum Gasteiger partial charge on any atom is 0.0469 e. The first kappa shape index (κ1) is 12.4. The Bertz CT molecular complexity index is 205. The largest absolute Gasteiger partial charge is 0.381 e. The normalized spacial score (nSPS) is 28.1. The van der Waals surface area contributed by atoms with Crippen molar-refractivity contribution in [3.63, 3.8) is 0 Å². The van der Waals surface area contributed by atoms with Crippen LogP contribution in [0.2, 0.25) is 0 Å². The van der Waals surface area contributed by atoms with E-state index in [2.05, 4.69) is 19.3 Å². The molecular formula is C14H27NO. The molecule has 2 nitrogen and oxygen atoms in total. The van der Waals surface area contributed by atoms with Crippen molar-refractivity contribution in [1.29, 1.82) is 0 Å². The molecule has 0 aromatic heterocycles. The first-order valence-corrected chi connectivity index (χ1v) is 7.07. The molecule has 2 fully saturated rings. The predicted octanol–water partition coefficient (Wildman–Crippen LogP) is 2.97. The summed E-state index contributed by atoms with van der Waals surface area (Å²) in [6, 6.07) is 0.726. The topological polar surface area (TPSA) is 21.3 Å². The quantitative estimate of drug-likeness (QED) is 0.794. The Balaban J connectivity index is 2.06. The molecule has 1 heterocycles. The van der Waals surface area contributed by atoms with E-state index in [1.807, 2.05) is 0 Å². The third-order valence-corrected chi connectivity index (χ3v) is 5.01. The van der Waals surface area contributed by atoms with Gasteiger partial charge in [0.1, 0.15) is 0 Å². The van der Waals surface area contributed by atoms with Crippen molar-refractivity contribution in [2.75, 3.05) is 20.3 Å². The molecule has 1 aliphatic carbocycles. The minimum atomic E-state index is 0.594. The molecule has 16 heavy (non-hydrogen) atoms. The van der Waals surface area contributed by atoms with Gasteiger partial charge in [0.25, 0.3) is 0 Å². The molecule has 0 bridgehead atoms. The predicted molar refractivity (Wildman–Crippen MR) is 67.6 cm³/mol. The Hall–Kier alpha value is -0.0800. The average molecular weight is 225 g/mol. The molecule has 2 aliphatic rings. The molecule has 1 saturated carbocycles. The van der Waals surface area contributed by atoms with E-state index in [0.717, 1.165) is 25.2 Å². The van der Waals surface area contributed by atoms with Crippen LogP contribution >= 0.6 is 0 Å². The lowest BCUT2D eigenvalue weighted by Crippen LogP contribution is -2.48. The highest BCUT2D eigenvalue weighted by Crippen LogP contribution is 2.47. The van der Waals surface area contributed by atoms with Gasteiger partial charge in [-0.05, 0) is 50.5 Å². The van der Waals surface area contributed by atoms with Crippen LogP contribution in [0.4, 0.5) is 0 Å². The van der Waals surface area contributed by atoms with Gasteiger partial charge in [-0.1, -0.05) is 19.8 Å². The Labute approximate surface area is 100 Å². The Morgan fingerprint density at radius 1 is 1.25 bits per heavy atom. The van der Waals surface area contributed by atoms with Gasteiger partial charge in [-0.2, -0.15) is 0 Å². The highest BCUT2D eigenvalue weighted by Gasteiger charge is 2.42. The van der Waals surface area contributed by atoms with E-state index < -0.39 is 0 Å². The van der Waals surface area contributed by atoms with Crippen LogP contribution in [0.25, 0.3) is 0 Å². The molecule has 0 radical (unpaired) electrons. The van der Waals surface area contributed by atoms with Gasteiger partial charge in [0.2, 0.25) is 0 Å². The van der Waals surface area contributed by atoms with Crippen LogP contribution in [0.1, 0.15) is 51.9 Å². The lowest BCUT2D eigenvalue weighted by atomic mass is 9.69. The fourth-order valence-corrected chi connectivity index (χ4v) is 4.05. The number of hydrogen-bond acceptors (Lipinski definition) is 2. The fraction of sp³-hybridized carbons (Fsp3) is 1.00. The SMILES string of the molecule is CCC1(C(NC)C2CCOCC2)CCCC1. The average Bonchev–Trinajstić information content (AvgIpc) is 2.81. The van der Waals surface area contributed by atoms with Crippen molar-refractivity contribution in [3.05, 3.63) is 0 Å². The van der Waals surface area contributed by atoms with Gasteiger partial charge in [-0.25, -0.2) is 0 Å². The number of rotatable bonds is 4. The lowest BCUT2D eigenvalue weighted by molar-refractivity contribution is 0.0254. The van der Waals surface area contributed by atoms with Gasteiger partial charge in [0.05, 0.1) is 0 Å². The number of ether oxygens (including phenoxy) is 1. The van der Waals surface area contributed by atoms with E-state index in [-0.39, 0.29) is 0 Å². The summed E-state index contributed by atoms with van der Waals surface area (Å²) >= 11 is 0. The summed E-state index contributed by atoms with van der Waals surface area (Å²) in [6.07, 6.45) is 9.61. The van der Waals surface area contributed by atoms with Gasteiger partial charge in [-0.15, -0.1) is 0 Å². The zero-order valence-corrected chi connectivity index (χ0v) is 10.9. The van der Waals surface area contributed by atoms with Crippen LogP contribution in [0, 0.1) is 11.3 Å². The zero-order valence-electron chi connectivity index (χ0n) is 10.9. The van der Waals surface area contributed by atoms with E-state index in [4.69, 9.17) is 4.74 Å². The minimum Gasteiger partial charge on any atom is -0.381 e. The van der Waals surface area contributed by atoms with Crippen LogP contribution in [0.5, 0.6) is 0 Å². The summed E-state index contributed by atoms with van der Waals surface area (Å²) in [5.74, 6) is 0.844. The van der Waals surface area contributed by atoms with Crippen LogP contribution < -0.4 is 5.32 Å². The molecule has 2 rings (SSSR count). The summed E-state index contributed by atoms with van der Waals surface area (Å²) < 4.78 is 5.50. The Kier molecular flexibility index (Phi) is 4.26. The molecule has 1 aliphatic heterocycles. The molecule has 94 valence electrons. The van der Waals surface area contributed by atoms with Crippen molar-refractivity contribution >= 4 is 0 Å². The van der Waals surface area contributed by atoms with Gasteiger partial charge in [0, 0.05) is 19.3 Å². The highest BCUT2D eigenvalue weighted by molar-refractivity contribution is 4.97. The Morgan fingerprint density at radius 3 is 2.38 bits per heavy atom. The maximum atomic E-state index is 5.50. The molecule has 1 N–H and O–H groups in total. The molecular weight excluding hydrogens is 198 g/mol. The molecule has 0 aromatic carbocycles.